The number of ketones is 1. The van der Waals surface area contributed by atoms with Crippen LogP contribution in [-0.2, 0) is 16.1 Å². The summed E-state index contributed by atoms with van der Waals surface area (Å²) in [6.07, 6.45) is 0. The molecule has 0 amide bonds. The number of nitrogens with zero attached hydrogens (tertiary/aromatic N) is 1. The van der Waals surface area contributed by atoms with Crippen LogP contribution >= 0.6 is 0 Å². The molecule has 0 atom stereocenters. The molecule has 27 heavy (non-hydrogen) atoms. The topological polar surface area (TPSA) is 57.5 Å². The fourth-order valence-corrected chi connectivity index (χ4v) is 3.23. The number of Topliss-reactive ketones (excluding diaryl/α,β-unsaturated/α-hetero) is 1. The Hall–Kier alpha value is -3.08. The summed E-state index contributed by atoms with van der Waals surface area (Å²) in [4.78, 5) is 24.3. The average molecular weight is 365 g/mol. The first-order valence-electron chi connectivity index (χ1n) is 8.96. The third-order valence-electron chi connectivity index (χ3n) is 4.63. The minimum atomic E-state index is -0.569. The summed E-state index contributed by atoms with van der Waals surface area (Å²) in [6, 6.07) is 15.3. The Morgan fingerprint density at radius 2 is 1.70 bits per heavy atom. The highest BCUT2D eigenvalue weighted by Gasteiger charge is 2.17. The minimum Gasteiger partial charge on any atom is -0.482 e. The molecule has 0 fully saturated rings. The number of ether oxygens (including phenoxy) is 2. The fraction of sp³-hybridized carbons (Fsp3) is 0.273. The smallest absolute Gasteiger partial charge is 0.344 e. The number of benzene rings is 2. The predicted octanol–water partition coefficient (Wildman–Crippen LogP) is 4.08. The average Bonchev–Trinajstić information content (AvgIpc) is 2.97. The highest BCUT2D eigenvalue weighted by Crippen LogP contribution is 2.20. The van der Waals surface area contributed by atoms with Crippen LogP contribution in [0, 0.1) is 13.8 Å². The van der Waals surface area contributed by atoms with Crippen molar-refractivity contribution in [3.05, 3.63) is 65.5 Å². The van der Waals surface area contributed by atoms with Crippen molar-refractivity contribution in [2.75, 3.05) is 13.2 Å². The molecule has 1 aromatic heterocycles. The third-order valence-corrected chi connectivity index (χ3v) is 4.63. The molecule has 0 N–H and O–H groups in total. The molecule has 0 saturated heterocycles. The summed E-state index contributed by atoms with van der Waals surface area (Å²) in [6.45, 7) is 6.15. The fourth-order valence-electron chi connectivity index (χ4n) is 3.23. The Morgan fingerprint density at radius 1 is 0.963 bits per heavy atom. The maximum absolute atomic E-state index is 12.3. The van der Waals surface area contributed by atoms with Crippen molar-refractivity contribution in [3.63, 3.8) is 0 Å². The molecule has 0 unspecified atom stereocenters. The molecule has 5 nitrogen and oxygen atoms in total. The van der Waals surface area contributed by atoms with Crippen molar-refractivity contribution < 1.29 is 19.1 Å². The Balaban J connectivity index is 1.54. The zero-order valence-corrected chi connectivity index (χ0v) is 15.8. The zero-order chi connectivity index (χ0) is 19.4. The molecular formula is C22H23NO4. The maximum atomic E-state index is 12.3. The Morgan fingerprint density at radius 3 is 2.41 bits per heavy atom. The summed E-state index contributed by atoms with van der Waals surface area (Å²) in [5.74, 6) is -0.189. The van der Waals surface area contributed by atoms with Gasteiger partial charge in [0.25, 0.3) is 0 Å². The number of fused-ring (bicyclic) bond motifs is 1. The molecular weight excluding hydrogens is 342 g/mol. The largest absolute Gasteiger partial charge is 0.482 e. The van der Waals surface area contributed by atoms with Gasteiger partial charge in [-0.15, -0.1) is 0 Å². The van der Waals surface area contributed by atoms with Crippen molar-refractivity contribution >= 4 is 22.5 Å². The van der Waals surface area contributed by atoms with E-state index in [0.717, 1.165) is 28.7 Å². The molecule has 1 heterocycles. The first-order valence-corrected chi connectivity index (χ1v) is 8.96. The van der Waals surface area contributed by atoms with Gasteiger partial charge in [-0.1, -0.05) is 30.3 Å². The van der Waals surface area contributed by atoms with Gasteiger partial charge in [-0.2, -0.15) is 0 Å². The number of esters is 1. The van der Waals surface area contributed by atoms with Gasteiger partial charge in [-0.3, -0.25) is 4.79 Å². The molecule has 0 aliphatic carbocycles. The van der Waals surface area contributed by atoms with Crippen molar-refractivity contribution in [1.82, 2.24) is 4.57 Å². The number of hydrogen-bond donors (Lipinski definition) is 0. The molecule has 0 aliphatic rings. The number of aromatic nitrogens is 1. The van der Waals surface area contributed by atoms with E-state index in [1.807, 2.05) is 63.2 Å². The lowest BCUT2D eigenvalue weighted by atomic mass is 10.1. The summed E-state index contributed by atoms with van der Waals surface area (Å²) < 4.78 is 12.6. The molecule has 0 saturated carbocycles. The van der Waals surface area contributed by atoms with Gasteiger partial charge < -0.3 is 14.0 Å². The minimum absolute atomic E-state index is 0.207. The van der Waals surface area contributed by atoms with Crippen LogP contribution in [0.2, 0.25) is 0 Å². The van der Waals surface area contributed by atoms with Crippen LogP contribution in [0.25, 0.3) is 10.8 Å². The molecule has 0 bridgehead atoms. The molecule has 140 valence electrons. The molecule has 3 rings (SSSR count). The number of hydrogen-bond acceptors (Lipinski definition) is 4. The van der Waals surface area contributed by atoms with Crippen molar-refractivity contribution in [1.29, 1.82) is 0 Å². The number of carbonyl (C=O) groups excluding carboxylic acids is 2. The van der Waals surface area contributed by atoms with Crippen molar-refractivity contribution in [3.8, 4) is 5.75 Å². The number of rotatable bonds is 7. The Labute approximate surface area is 158 Å². The zero-order valence-electron chi connectivity index (χ0n) is 15.8. The number of carbonyl (C=O) groups is 2. The summed E-state index contributed by atoms with van der Waals surface area (Å²) in [7, 11) is 0. The highest BCUT2D eigenvalue weighted by molar-refractivity contribution is 5.99. The standard InChI is InChI=1S/C22H23NO4/c1-4-23-15(2)11-20(16(23)3)21(24)13-27-22(25)14-26-19-10-9-17-7-5-6-8-18(17)12-19/h5-12H,4,13-14H2,1-3H3. The van der Waals surface area contributed by atoms with Gasteiger partial charge in [0.2, 0.25) is 5.78 Å². The van der Waals surface area contributed by atoms with Crippen LogP contribution in [0.15, 0.2) is 48.5 Å². The lowest BCUT2D eigenvalue weighted by Crippen LogP contribution is -2.19. The molecule has 0 aliphatic heterocycles. The van der Waals surface area contributed by atoms with Crippen LogP contribution in [0.4, 0.5) is 0 Å². The van der Waals surface area contributed by atoms with Gasteiger partial charge in [0, 0.05) is 23.5 Å². The van der Waals surface area contributed by atoms with Crippen LogP contribution in [-0.4, -0.2) is 29.5 Å². The van der Waals surface area contributed by atoms with Crippen LogP contribution in [0.5, 0.6) is 5.75 Å². The number of aryl methyl sites for hydroxylation is 1. The lowest BCUT2D eigenvalue weighted by Gasteiger charge is -2.08. The van der Waals surface area contributed by atoms with E-state index >= 15 is 0 Å². The monoisotopic (exact) mass is 365 g/mol. The first-order chi connectivity index (χ1) is 13.0. The molecule has 0 radical (unpaired) electrons. The molecule has 2 aromatic carbocycles. The first kappa shape index (κ1) is 18.7. The van der Waals surface area contributed by atoms with E-state index in [2.05, 4.69) is 4.57 Å². The van der Waals surface area contributed by atoms with Crippen molar-refractivity contribution in [2.24, 2.45) is 0 Å². The van der Waals surface area contributed by atoms with Gasteiger partial charge in [0.05, 0.1) is 0 Å². The van der Waals surface area contributed by atoms with E-state index in [4.69, 9.17) is 9.47 Å². The van der Waals surface area contributed by atoms with E-state index < -0.39 is 5.97 Å². The molecule has 3 aromatic rings. The van der Waals surface area contributed by atoms with Gasteiger partial charge in [0.1, 0.15) is 5.75 Å². The second-order valence-corrected chi connectivity index (χ2v) is 6.41. The Bertz CT molecular complexity index is 987. The normalized spacial score (nSPS) is 10.8. The van der Waals surface area contributed by atoms with Crippen LogP contribution in [0.1, 0.15) is 28.7 Å². The summed E-state index contributed by atoms with van der Waals surface area (Å²) in [5, 5.41) is 2.13. The second-order valence-electron chi connectivity index (χ2n) is 6.41. The summed E-state index contributed by atoms with van der Waals surface area (Å²) in [5.41, 5.74) is 2.50. The molecule has 0 spiro atoms. The van der Waals surface area contributed by atoms with Crippen molar-refractivity contribution in [2.45, 2.75) is 27.3 Å². The summed E-state index contributed by atoms with van der Waals surface area (Å²) >= 11 is 0. The third kappa shape index (κ3) is 4.19. The highest BCUT2D eigenvalue weighted by atomic mass is 16.6. The van der Waals surface area contributed by atoms with E-state index in [1.54, 1.807) is 6.07 Å². The quantitative estimate of drug-likeness (QED) is 0.468. The van der Waals surface area contributed by atoms with Crippen LogP contribution < -0.4 is 4.74 Å². The van der Waals surface area contributed by atoms with Gasteiger partial charge in [-0.25, -0.2) is 4.79 Å². The van der Waals surface area contributed by atoms with Crippen LogP contribution in [0.3, 0.4) is 0 Å². The predicted molar refractivity (Wildman–Crippen MR) is 104 cm³/mol. The lowest BCUT2D eigenvalue weighted by molar-refractivity contribution is -0.144. The van der Waals surface area contributed by atoms with E-state index in [-0.39, 0.29) is 19.0 Å². The van der Waals surface area contributed by atoms with E-state index in [9.17, 15) is 9.59 Å². The second kappa shape index (κ2) is 8.08. The Kier molecular flexibility index (Phi) is 5.60. The van der Waals surface area contributed by atoms with E-state index in [0.29, 0.717) is 11.3 Å². The maximum Gasteiger partial charge on any atom is 0.344 e. The van der Waals surface area contributed by atoms with E-state index in [1.165, 1.54) is 0 Å². The van der Waals surface area contributed by atoms with Gasteiger partial charge in [0.15, 0.2) is 13.2 Å². The SMILES string of the molecule is CCn1c(C)cc(C(=O)COC(=O)COc2ccc3ccccc3c2)c1C. The molecule has 5 heteroatoms. The van der Waals surface area contributed by atoms with Gasteiger partial charge in [-0.05, 0) is 49.7 Å². The van der Waals surface area contributed by atoms with Gasteiger partial charge >= 0.3 is 5.97 Å².